The zero-order valence-electron chi connectivity index (χ0n) is 9.86. The molecule has 0 saturated carbocycles. The first-order valence-electron chi connectivity index (χ1n) is 5.56. The largest absolute Gasteiger partial charge is 0.363 e. The highest BCUT2D eigenvalue weighted by Gasteiger charge is 2.11. The van der Waals surface area contributed by atoms with Gasteiger partial charge in [-0.25, -0.2) is 0 Å². The lowest BCUT2D eigenvalue weighted by Gasteiger charge is -2.26. The Hall–Kier alpha value is -1.03. The molecule has 4 heteroatoms. The lowest BCUT2D eigenvalue weighted by molar-refractivity contribution is 0.417. The van der Waals surface area contributed by atoms with Gasteiger partial charge < -0.3 is 14.7 Å². The van der Waals surface area contributed by atoms with Crippen molar-refractivity contribution in [2.75, 3.05) is 31.1 Å². The average Bonchev–Trinajstić information content (AvgIpc) is 2.71. The maximum absolute atomic E-state index is 4.76. The molecule has 0 atom stereocenters. The van der Waals surface area contributed by atoms with Gasteiger partial charge in [-0.05, 0) is 5.92 Å². The van der Waals surface area contributed by atoms with Gasteiger partial charge in [0.2, 0.25) is 0 Å². The van der Waals surface area contributed by atoms with E-state index in [-0.39, 0.29) is 0 Å². The normalized spacial score (nSPS) is 16.1. The van der Waals surface area contributed by atoms with Crippen molar-refractivity contribution in [3.05, 3.63) is 12.3 Å². The van der Waals surface area contributed by atoms with Gasteiger partial charge in [0.15, 0.2) is 5.82 Å². The highest BCUT2D eigenvalue weighted by molar-refractivity contribution is 5.36. The maximum atomic E-state index is 4.76. The Balaban J connectivity index is 0.000000245. The standard InChI is InChI=1S/C7H11N3O.C4H10/c1-6-11-9-7(1)10-4-2-8-3-5-10;1-4(2)3/h1,6,8H,2-5H2;4H,1-3H3. The van der Waals surface area contributed by atoms with Gasteiger partial charge >= 0.3 is 0 Å². The maximum Gasteiger partial charge on any atom is 0.172 e. The summed E-state index contributed by atoms with van der Waals surface area (Å²) in [4.78, 5) is 2.21. The average molecular weight is 211 g/mol. The van der Waals surface area contributed by atoms with E-state index in [4.69, 9.17) is 4.52 Å². The first-order chi connectivity index (χ1) is 7.20. The van der Waals surface area contributed by atoms with Crippen molar-refractivity contribution in [1.29, 1.82) is 0 Å². The monoisotopic (exact) mass is 211 g/mol. The second-order valence-corrected chi connectivity index (χ2v) is 4.33. The summed E-state index contributed by atoms with van der Waals surface area (Å²) in [5.41, 5.74) is 0. The van der Waals surface area contributed by atoms with E-state index in [1.54, 1.807) is 6.26 Å². The molecule has 2 rings (SSSR count). The molecular weight excluding hydrogens is 190 g/mol. The molecule has 4 nitrogen and oxygen atoms in total. The van der Waals surface area contributed by atoms with Gasteiger partial charge in [0, 0.05) is 32.2 Å². The Kier molecular flexibility index (Phi) is 5.18. The third-order valence-corrected chi connectivity index (χ3v) is 1.87. The molecule has 0 radical (unpaired) electrons. The van der Waals surface area contributed by atoms with E-state index >= 15 is 0 Å². The first kappa shape index (κ1) is 12.0. The van der Waals surface area contributed by atoms with Crippen molar-refractivity contribution in [3.63, 3.8) is 0 Å². The third-order valence-electron chi connectivity index (χ3n) is 1.87. The van der Waals surface area contributed by atoms with E-state index in [0.29, 0.717) is 0 Å². The molecule has 0 aliphatic carbocycles. The molecule has 0 amide bonds. The lowest BCUT2D eigenvalue weighted by Crippen LogP contribution is -2.43. The predicted molar refractivity (Wildman–Crippen MR) is 62.1 cm³/mol. The van der Waals surface area contributed by atoms with E-state index in [1.165, 1.54) is 0 Å². The van der Waals surface area contributed by atoms with E-state index in [9.17, 15) is 0 Å². The zero-order valence-corrected chi connectivity index (χ0v) is 9.86. The summed E-state index contributed by atoms with van der Waals surface area (Å²) < 4.78 is 4.76. The van der Waals surface area contributed by atoms with Gasteiger partial charge in [0.1, 0.15) is 6.26 Å². The molecule has 0 bridgehead atoms. The van der Waals surface area contributed by atoms with E-state index in [0.717, 1.165) is 37.9 Å². The molecule has 2 heterocycles. The fourth-order valence-corrected chi connectivity index (χ4v) is 1.26. The van der Waals surface area contributed by atoms with Crippen LogP contribution < -0.4 is 10.2 Å². The van der Waals surface area contributed by atoms with Gasteiger partial charge in [-0.15, -0.1) is 0 Å². The summed E-state index contributed by atoms with van der Waals surface area (Å²) in [5.74, 6) is 1.78. The molecule has 1 N–H and O–H groups in total. The summed E-state index contributed by atoms with van der Waals surface area (Å²) in [5, 5.41) is 7.14. The molecule has 0 spiro atoms. The van der Waals surface area contributed by atoms with Crippen LogP contribution in [0.15, 0.2) is 16.9 Å². The third kappa shape index (κ3) is 4.83. The predicted octanol–water partition coefficient (Wildman–Crippen LogP) is 1.75. The molecule has 0 unspecified atom stereocenters. The van der Waals surface area contributed by atoms with Gasteiger partial charge in [0.25, 0.3) is 0 Å². The second-order valence-electron chi connectivity index (χ2n) is 4.33. The van der Waals surface area contributed by atoms with Crippen LogP contribution >= 0.6 is 0 Å². The van der Waals surface area contributed by atoms with Gasteiger partial charge in [0.05, 0.1) is 0 Å². The SMILES string of the molecule is CC(C)C.c1cc(N2CCNCC2)no1. The summed E-state index contributed by atoms with van der Waals surface area (Å²) >= 11 is 0. The smallest absolute Gasteiger partial charge is 0.172 e. The Morgan fingerprint density at radius 3 is 2.40 bits per heavy atom. The molecule has 1 aliphatic heterocycles. The molecule has 86 valence electrons. The number of nitrogens with one attached hydrogen (secondary N) is 1. The number of anilines is 1. The zero-order chi connectivity index (χ0) is 11.1. The summed E-state index contributed by atoms with van der Waals surface area (Å²) in [6.07, 6.45) is 1.61. The molecular formula is C11H21N3O. The second kappa shape index (κ2) is 6.45. The van der Waals surface area contributed by atoms with Crippen molar-refractivity contribution < 1.29 is 4.52 Å². The molecule has 1 aromatic heterocycles. The van der Waals surface area contributed by atoms with Gasteiger partial charge in [-0.3, -0.25) is 0 Å². The van der Waals surface area contributed by atoms with Gasteiger partial charge in [-0.2, -0.15) is 0 Å². The lowest BCUT2D eigenvalue weighted by atomic mass is 10.3. The molecule has 1 saturated heterocycles. The summed E-state index contributed by atoms with van der Waals surface area (Å²) in [6.45, 7) is 10.6. The van der Waals surface area contributed by atoms with E-state index < -0.39 is 0 Å². The topological polar surface area (TPSA) is 41.3 Å². The molecule has 15 heavy (non-hydrogen) atoms. The number of hydrogen-bond donors (Lipinski definition) is 1. The van der Waals surface area contributed by atoms with Crippen molar-refractivity contribution in [2.24, 2.45) is 5.92 Å². The van der Waals surface area contributed by atoms with Crippen molar-refractivity contribution >= 4 is 5.82 Å². The van der Waals surface area contributed by atoms with Crippen LogP contribution in [0.5, 0.6) is 0 Å². The Labute approximate surface area is 91.6 Å². The summed E-state index contributed by atoms with van der Waals surface area (Å²) in [6, 6.07) is 1.89. The fraction of sp³-hybridized carbons (Fsp3) is 0.727. The number of aromatic nitrogens is 1. The molecule has 1 aromatic rings. The fourth-order valence-electron chi connectivity index (χ4n) is 1.26. The van der Waals surface area contributed by atoms with E-state index in [1.807, 2.05) is 6.07 Å². The Morgan fingerprint density at radius 1 is 1.33 bits per heavy atom. The van der Waals surface area contributed by atoms with Crippen LogP contribution in [0, 0.1) is 5.92 Å². The van der Waals surface area contributed by atoms with Crippen molar-refractivity contribution in [1.82, 2.24) is 10.5 Å². The Morgan fingerprint density at radius 2 is 1.93 bits per heavy atom. The van der Waals surface area contributed by atoms with Crippen LogP contribution in [0.25, 0.3) is 0 Å². The molecule has 1 fully saturated rings. The Bertz CT molecular complexity index is 238. The number of rotatable bonds is 1. The van der Waals surface area contributed by atoms with Crippen LogP contribution in [-0.4, -0.2) is 31.3 Å². The minimum absolute atomic E-state index is 0.833. The van der Waals surface area contributed by atoms with Crippen molar-refractivity contribution in [2.45, 2.75) is 20.8 Å². The minimum Gasteiger partial charge on any atom is -0.363 e. The van der Waals surface area contributed by atoms with Crippen LogP contribution in [0.3, 0.4) is 0 Å². The number of piperazine rings is 1. The van der Waals surface area contributed by atoms with Crippen LogP contribution in [0.1, 0.15) is 20.8 Å². The molecule has 0 aromatic carbocycles. The van der Waals surface area contributed by atoms with Crippen LogP contribution in [0.2, 0.25) is 0 Å². The van der Waals surface area contributed by atoms with Crippen LogP contribution in [0.4, 0.5) is 5.82 Å². The summed E-state index contributed by atoms with van der Waals surface area (Å²) in [7, 11) is 0. The molecule has 1 aliphatic rings. The highest BCUT2D eigenvalue weighted by atomic mass is 16.5. The van der Waals surface area contributed by atoms with E-state index in [2.05, 4.69) is 36.1 Å². The quantitative estimate of drug-likeness (QED) is 0.768. The van der Waals surface area contributed by atoms with Crippen molar-refractivity contribution in [3.8, 4) is 0 Å². The van der Waals surface area contributed by atoms with Crippen LogP contribution in [-0.2, 0) is 0 Å². The minimum atomic E-state index is 0.833. The number of hydrogen-bond acceptors (Lipinski definition) is 4. The van der Waals surface area contributed by atoms with Gasteiger partial charge in [-0.1, -0.05) is 25.9 Å². The highest BCUT2D eigenvalue weighted by Crippen LogP contribution is 2.09. The number of nitrogens with zero attached hydrogens (tertiary/aromatic N) is 2. The first-order valence-corrected chi connectivity index (χ1v) is 5.56.